The van der Waals surface area contributed by atoms with Crippen molar-refractivity contribution in [1.82, 2.24) is 9.78 Å². The number of para-hydroxylation sites is 1. The van der Waals surface area contributed by atoms with Crippen molar-refractivity contribution in [2.45, 2.75) is 23.3 Å². The Morgan fingerprint density at radius 3 is 2.19 bits per heavy atom. The van der Waals surface area contributed by atoms with Crippen LogP contribution < -0.4 is 5.32 Å². The standard InChI is InChI=1S/C25H16Cl2F5N3OS/c1-24(28,29)22-13-20(35(34-22)19-5-3-2-4-17(19)26)14-6-8-15(9-7-14)23(36)33-16-10-11-21(18(27)12-16)37-25(30,31)32/h2-13H,1H3,(H,33,36). The molecule has 3 aromatic carbocycles. The van der Waals surface area contributed by atoms with E-state index in [1.165, 1.54) is 35.0 Å². The number of alkyl halides is 5. The van der Waals surface area contributed by atoms with Crippen molar-refractivity contribution in [2.75, 3.05) is 5.32 Å². The third-order valence-corrected chi connectivity index (χ3v) is 6.65. The Bertz CT molecular complexity index is 1450. The summed E-state index contributed by atoms with van der Waals surface area (Å²) < 4.78 is 67.2. The predicted octanol–water partition coefficient (Wildman–Crippen LogP) is 8.82. The first-order valence-electron chi connectivity index (χ1n) is 10.5. The van der Waals surface area contributed by atoms with E-state index in [0.717, 1.165) is 13.0 Å². The number of carbonyl (C=O) groups excluding carboxylic acids is 1. The summed E-state index contributed by atoms with van der Waals surface area (Å²) in [5.74, 6) is -3.74. The van der Waals surface area contributed by atoms with E-state index in [9.17, 15) is 26.7 Å². The van der Waals surface area contributed by atoms with Crippen LogP contribution in [0.4, 0.5) is 27.6 Å². The van der Waals surface area contributed by atoms with Crippen molar-refractivity contribution in [3.8, 4) is 16.9 Å². The van der Waals surface area contributed by atoms with Crippen LogP contribution in [-0.4, -0.2) is 21.2 Å². The first-order chi connectivity index (χ1) is 17.3. The van der Waals surface area contributed by atoms with Crippen molar-refractivity contribution >= 4 is 46.6 Å². The molecule has 12 heteroatoms. The number of anilines is 1. The molecule has 0 fully saturated rings. The average Bonchev–Trinajstić information content (AvgIpc) is 3.26. The molecule has 4 rings (SSSR count). The second-order valence-electron chi connectivity index (χ2n) is 7.89. The van der Waals surface area contributed by atoms with Crippen molar-refractivity contribution in [3.05, 3.63) is 94.1 Å². The number of amides is 1. The van der Waals surface area contributed by atoms with Crippen LogP contribution in [0.25, 0.3) is 16.9 Å². The number of benzene rings is 3. The van der Waals surface area contributed by atoms with Gasteiger partial charge in [-0.3, -0.25) is 4.79 Å². The second kappa shape index (κ2) is 10.4. The van der Waals surface area contributed by atoms with E-state index in [0.29, 0.717) is 22.0 Å². The van der Waals surface area contributed by atoms with E-state index >= 15 is 0 Å². The molecule has 0 atom stereocenters. The molecule has 192 valence electrons. The van der Waals surface area contributed by atoms with Crippen molar-refractivity contribution < 1.29 is 26.7 Å². The SMILES string of the molecule is CC(F)(F)c1cc(-c2ccc(C(=O)Nc3ccc(SC(F)(F)F)c(Cl)c3)cc2)n(-c2ccccc2Cl)n1. The van der Waals surface area contributed by atoms with Crippen LogP contribution in [-0.2, 0) is 5.92 Å². The Kier molecular flexibility index (Phi) is 7.55. The van der Waals surface area contributed by atoms with Crippen LogP contribution in [0.2, 0.25) is 10.0 Å². The molecular formula is C25H16Cl2F5N3OS. The quantitative estimate of drug-likeness (QED) is 0.186. The topological polar surface area (TPSA) is 46.9 Å². The van der Waals surface area contributed by atoms with Crippen LogP contribution >= 0.6 is 35.0 Å². The van der Waals surface area contributed by atoms with Gasteiger partial charge in [-0.2, -0.15) is 27.1 Å². The monoisotopic (exact) mass is 571 g/mol. The molecule has 1 aromatic heterocycles. The molecule has 4 aromatic rings. The minimum Gasteiger partial charge on any atom is -0.322 e. The molecule has 0 aliphatic rings. The van der Waals surface area contributed by atoms with Crippen molar-refractivity contribution in [3.63, 3.8) is 0 Å². The number of hydrogen-bond acceptors (Lipinski definition) is 3. The minimum atomic E-state index is -4.49. The molecule has 1 heterocycles. The Labute approximate surface area is 222 Å². The van der Waals surface area contributed by atoms with Crippen LogP contribution in [0.5, 0.6) is 0 Å². The van der Waals surface area contributed by atoms with Gasteiger partial charge in [0, 0.05) is 28.6 Å². The van der Waals surface area contributed by atoms with E-state index in [2.05, 4.69) is 10.4 Å². The van der Waals surface area contributed by atoms with Gasteiger partial charge in [0.15, 0.2) is 0 Å². The van der Waals surface area contributed by atoms with Gasteiger partial charge in [0.25, 0.3) is 11.8 Å². The molecule has 0 aliphatic heterocycles. The lowest BCUT2D eigenvalue weighted by atomic mass is 10.1. The normalized spacial score (nSPS) is 12.0. The second-order valence-corrected chi connectivity index (χ2v) is 9.81. The molecule has 0 saturated heterocycles. The van der Waals surface area contributed by atoms with E-state index in [1.54, 1.807) is 36.4 Å². The number of rotatable bonds is 6. The zero-order chi connectivity index (χ0) is 27.0. The summed E-state index contributed by atoms with van der Waals surface area (Å²) in [7, 11) is 0. The highest BCUT2D eigenvalue weighted by molar-refractivity contribution is 8.00. The molecule has 0 bridgehead atoms. The van der Waals surface area contributed by atoms with Gasteiger partial charge in [-0.05, 0) is 60.3 Å². The maximum atomic E-state index is 14.1. The number of nitrogens with zero attached hydrogens (tertiary/aromatic N) is 2. The van der Waals surface area contributed by atoms with Gasteiger partial charge in [0.05, 0.1) is 21.4 Å². The highest BCUT2D eigenvalue weighted by atomic mass is 35.5. The molecule has 1 N–H and O–H groups in total. The van der Waals surface area contributed by atoms with Crippen LogP contribution in [0, 0.1) is 0 Å². The molecule has 0 saturated carbocycles. The van der Waals surface area contributed by atoms with Crippen molar-refractivity contribution in [2.24, 2.45) is 0 Å². The van der Waals surface area contributed by atoms with Crippen LogP contribution in [0.1, 0.15) is 23.0 Å². The fraction of sp³-hybridized carbons (Fsp3) is 0.120. The fourth-order valence-corrected chi connectivity index (χ4v) is 4.44. The molecular weight excluding hydrogens is 556 g/mol. The zero-order valence-electron chi connectivity index (χ0n) is 18.8. The number of aromatic nitrogens is 2. The molecule has 0 aliphatic carbocycles. The summed E-state index contributed by atoms with van der Waals surface area (Å²) in [5, 5.41) is 6.78. The zero-order valence-corrected chi connectivity index (χ0v) is 21.1. The highest BCUT2D eigenvalue weighted by Crippen LogP contribution is 2.41. The summed E-state index contributed by atoms with van der Waals surface area (Å²) in [6.45, 7) is 0.740. The smallest absolute Gasteiger partial charge is 0.322 e. The molecule has 0 spiro atoms. The predicted molar refractivity (Wildman–Crippen MR) is 135 cm³/mol. The number of nitrogens with one attached hydrogen (secondary N) is 1. The van der Waals surface area contributed by atoms with Crippen LogP contribution in [0.15, 0.2) is 77.7 Å². The average molecular weight is 572 g/mol. The number of hydrogen-bond donors (Lipinski definition) is 1. The summed E-state index contributed by atoms with van der Waals surface area (Å²) >= 11 is 11.8. The Morgan fingerprint density at radius 2 is 1.59 bits per heavy atom. The molecule has 37 heavy (non-hydrogen) atoms. The minimum absolute atomic E-state index is 0.160. The van der Waals surface area contributed by atoms with Gasteiger partial charge < -0.3 is 5.32 Å². The van der Waals surface area contributed by atoms with E-state index in [4.69, 9.17) is 23.2 Å². The van der Waals surface area contributed by atoms with Gasteiger partial charge in [-0.1, -0.05) is 47.5 Å². The van der Waals surface area contributed by atoms with E-state index in [-0.39, 0.29) is 32.9 Å². The number of thioether (sulfide) groups is 1. The highest BCUT2D eigenvalue weighted by Gasteiger charge is 2.31. The third-order valence-electron chi connectivity index (χ3n) is 5.10. The fourth-order valence-electron chi connectivity index (χ4n) is 3.39. The summed E-state index contributed by atoms with van der Waals surface area (Å²) in [4.78, 5) is 12.5. The van der Waals surface area contributed by atoms with Gasteiger partial charge in [-0.25, -0.2) is 4.68 Å². The lowest BCUT2D eigenvalue weighted by Crippen LogP contribution is -2.12. The van der Waals surface area contributed by atoms with Crippen LogP contribution in [0.3, 0.4) is 0 Å². The molecule has 0 radical (unpaired) electrons. The summed E-state index contributed by atoms with van der Waals surface area (Å²) in [6, 6.07) is 17.7. The molecule has 4 nitrogen and oxygen atoms in total. The van der Waals surface area contributed by atoms with Crippen molar-refractivity contribution in [1.29, 1.82) is 0 Å². The van der Waals surface area contributed by atoms with Gasteiger partial charge in [0.2, 0.25) is 0 Å². The summed E-state index contributed by atoms with van der Waals surface area (Å²) in [6.07, 6.45) is 0. The van der Waals surface area contributed by atoms with Gasteiger partial charge in [-0.15, -0.1) is 0 Å². The maximum Gasteiger partial charge on any atom is 0.446 e. The first-order valence-corrected chi connectivity index (χ1v) is 12.1. The third kappa shape index (κ3) is 6.44. The lowest BCUT2D eigenvalue weighted by molar-refractivity contribution is -0.0328. The summed E-state index contributed by atoms with van der Waals surface area (Å²) in [5.41, 5.74) is -3.29. The first kappa shape index (κ1) is 27.0. The number of halogens is 7. The van der Waals surface area contributed by atoms with Gasteiger partial charge >= 0.3 is 5.51 Å². The Morgan fingerprint density at radius 1 is 0.919 bits per heavy atom. The van der Waals surface area contributed by atoms with E-state index in [1.807, 2.05) is 0 Å². The lowest BCUT2D eigenvalue weighted by Gasteiger charge is -2.11. The number of carbonyl (C=O) groups is 1. The Balaban J connectivity index is 1.59. The maximum absolute atomic E-state index is 14.1. The van der Waals surface area contributed by atoms with E-state index < -0.39 is 23.0 Å². The van der Waals surface area contributed by atoms with Gasteiger partial charge in [0.1, 0.15) is 5.69 Å². The Hall–Kier alpha value is -3.08. The molecule has 0 unspecified atom stereocenters. The molecule has 1 amide bonds. The largest absolute Gasteiger partial charge is 0.446 e.